The molecule has 2 heterocycles. The molecular formula is C40H49N4O8P. The van der Waals surface area contributed by atoms with Gasteiger partial charge in [0.05, 0.1) is 46.0 Å². The Labute approximate surface area is 312 Å². The lowest BCUT2D eigenvalue weighted by atomic mass is 9.80. The van der Waals surface area contributed by atoms with Gasteiger partial charge in [-0.05, 0) is 81.5 Å². The zero-order chi connectivity index (χ0) is 38.0. The van der Waals surface area contributed by atoms with Crippen LogP contribution in [0.1, 0.15) is 69.9 Å². The minimum absolute atomic E-state index is 0.0386. The van der Waals surface area contributed by atoms with Crippen molar-refractivity contribution in [2.24, 2.45) is 0 Å². The first-order valence-electron chi connectivity index (χ1n) is 17.8. The standard InChI is InChI=1S/C40H49N4O8P/c1-28(2)44(29(3)4)53(50-26-10-24-41)52-35-21-22-38(43-25-23-37(45)42-39(43)46)51-36(35)27-49-40(30-11-8-7-9-12-30,31-13-17-33(47-5)18-14-31)32-15-19-34(48-6)20-16-32/h7-9,11-20,23,25,28-29,35-36,38H,10,21-22,26-27H2,1-6H3,(H,42,45,46)/t35-,36+,38+,53-/m0/s1. The van der Waals surface area contributed by atoms with Gasteiger partial charge in [0.15, 0.2) is 0 Å². The van der Waals surface area contributed by atoms with Crippen molar-refractivity contribution in [1.29, 1.82) is 5.26 Å². The van der Waals surface area contributed by atoms with Gasteiger partial charge in [-0.3, -0.25) is 14.3 Å². The number of methoxy groups -OCH3 is 2. The Hall–Kier alpha value is -4.34. The van der Waals surface area contributed by atoms with E-state index in [0.29, 0.717) is 24.3 Å². The molecule has 282 valence electrons. The molecule has 1 N–H and O–H groups in total. The van der Waals surface area contributed by atoms with E-state index in [2.05, 4.69) is 43.4 Å². The topological polar surface area (TPSA) is 137 Å². The molecule has 1 fully saturated rings. The Morgan fingerprint density at radius 3 is 2.00 bits per heavy atom. The number of benzene rings is 3. The highest BCUT2D eigenvalue weighted by Crippen LogP contribution is 2.50. The molecule has 1 saturated heterocycles. The molecule has 1 aliphatic rings. The molecule has 0 unspecified atom stereocenters. The lowest BCUT2D eigenvalue weighted by Gasteiger charge is -2.43. The summed E-state index contributed by atoms with van der Waals surface area (Å²) in [5, 5.41) is 9.29. The van der Waals surface area contributed by atoms with Gasteiger partial charge in [0.1, 0.15) is 29.4 Å². The minimum atomic E-state index is -1.62. The maximum absolute atomic E-state index is 13.0. The molecule has 0 bridgehead atoms. The van der Waals surface area contributed by atoms with E-state index in [1.807, 2.05) is 78.9 Å². The number of ether oxygens (including phenoxy) is 4. The van der Waals surface area contributed by atoms with Crippen molar-refractivity contribution in [2.75, 3.05) is 27.4 Å². The Morgan fingerprint density at radius 1 is 0.887 bits per heavy atom. The molecule has 1 aromatic heterocycles. The second-order valence-electron chi connectivity index (χ2n) is 13.2. The molecule has 53 heavy (non-hydrogen) atoms. The summed E-state index contributed by atoms with van der Waals surface area (Å²) in [5.74, 6) is 1.40. The van der Waals surface area contributed by atoms with Crippen LogP contribution in [0.5, 0.6) is 11.5 Å². The number of nitrogens with one attached hydrogen (secondary N) is 1. The van der Waals surface area contributed by atoms with Crippen LogP contribution in [0.25, 0.3) is 0 Å². The van der Waals surface area contributed by atoms with Crippen molar-refractivity contribution >= 4 is 8.53 Å². The van der Waals surface area contributed by atoms with Gasteiger partial charge < -0.3 is 28.0 Å². The van der Waals surface area contributed by atoms with Crippen LogP contribution in [0.15, 0.2) is 101 Å². The zero-order valence-corrected chi connectivity index (χ0v) is 32.0. The first-order valence-corrected chi connectivity index (χ1v) is 18.9. The number of rotatable bonds is 17. The fourth-order valence-corrected chi connectivity index (χ4v) is 8.45. The van der Waals surface area contributed by atoms with Crippen molar-refractivity contribution < 1.29 is 28.0 Å². The molecule has 5 rings (SSSR count). The third-order valence-electron chi connectivity index (χ3n) is 9.13. The SMILES string of the molecule is COc1ccc(C(OC[C@H]2O[C@@H](n3ccc(=O)[nH]c3=O)CC[C@@H]2O[P@](OCCC#N)N(C(C)C)C(C)C)(c2ccccc2)c2ccc(OC)cc2)cc1. The maximum atomic E-state index is 13.0. The number of hydrogen-bond acceptors (Lipinski definition) is 10. The zero-order valence-electron chi connectivity index (χ0n) is 31.1. The van der Waals surface area contributed by atoms with E-state index in [9.17, 15) is 14.9 Å². The number of hydrogen-bond donors (Lipinski definition) is 1. The van der Waals surface area contributed by atoms with Gasteiger partial charge in [0.25, 0.3) is 14.1 Å². The number of aromatic amines is 1. The van der Waals surface area contributed by atoms with Crippen LogP contribution in [0.3, 0.4) is 0 Å². The van der Waals surface area contributed by atoms with E-state index in [1.165, 1.54) is 16.8 Å². The number of H-pyrrole nitrogens is 1. The fraction of sp³-hybridized carbons (Fsp3) is 0.425. The first-order chi connectivity index (χ1) is 25.6. The van der Waals surface area contributed by atoms with Gasteiger partial charge in [-0.15, -0.1) is 0 Å². The molecule has 0 aliphatic carbocycles. The summed E-state index contributed by atoms with van der Waals surface area (Å²) in [5.41, 5.74) is 0.395. The Bertz CT molecular complexity index is 1840. The summed E-state index contributed by atoms with van der Waals surface area (Å²) in [4.78, 5) is 27.2. The van der Waals surface area contributed by atoms with Gasteiger partial charge in [-0.25, -0.2) is 9.46 Å². The highest BCUT2D eigenvalue weighted by Gasteiger charge is 2.43. The Balaban J connectivity index is 1.60. The van der Waals surface area contributed by atoms with Crippen molar-refractivity contribution in [1.82, 2.24) is 14.2 Å². The van der Waals surface area contributed by atoms with Crippen LogP contribution in [0.2, 0.25) is 0 Å². The monoisotopic (exact) mass is 744 g/mol. The van der Waals surface area contributed by atoms with Crippen LogP contribution < -0.4 is 20.7 Å². The van der Waals surface area contributed by atoms with E-state index in [0.717, 1.165) is 16.7 Å². The Morgan fingerprint density at radius 2 is 1.47 bits per heavy atom. The van der Waals surface area contributed by atoms with E-state index < -0.39 is 43.8 Å². The van der Waals surface area contributed by atoms with Crippen LogP contribution in [-0.4, -0.2) is 65.9 Å². The van der Waals surface area contributed by atoms with Crippen molar-refractivity contribution in [2.45, 2.75) is 83.1 Å². The summed E-state index contributed by atoms with van der Waals surface area (Å²) in [7, 11) is 1.63. The third-order valence-corrected chi connectivity index (χ3v) is 11.3. The van der Waals surface area contributed by atoms with Crippen LogP contribution in [0.4, 0.5) is 0 Å². The average molecular weight is 745 g/mol. The largest absolute Gasteiger partial charge is 0.497 e. The molecule has 1 aliphatic heterocycles. The smallest absolute Gasteiger partial charge is 0.330 e. The summed E-state index contributed by atoms with van der Waals surface area (Å²) in [6, 6.07) is 29.1. The molecule has 0 spiro atoms. The highest BCUT2D eigenvalue weighted by molar-refractivity contribution is 7.44. The molecule has 4 aromatic rings. The third kappa shape index (κ3) is 9.43. The van der Waals surface area contributed by atoms with Crippen molar-refractivity contribution in [3.63, 3.8) is 0 Å². The fourth-order valence-electron chi connectivity index (χ4n) is 6.67. The summed E-state index contributed by atoms with van der Waals surface area (Å²) >= 11 is 0. The maximum Gasteiger partial charge on any atom is 0.330 e. The number of nitrogens with zero attached hydrogens (tertiary/aromatic N) is 3. The second kappa shape index (κ2) is 18.6. The van der Waals surface area contributed by atoms with E-state index >= 15 is 0 Å². The normalized spacial score (nSPS) is 18.2. The van der Waals surface area contributed by atoms with Gasteiger partial charge in [0.2, 0.25) is 0 Å². The van der Waals surface area contributed by atoms with E-state index in [4.69, 9.17) is 28.0 Å². The lowest BCUT2D eigenvalue weighted by Crippen LogP contribution is -2.47. The molecule has 0 radical (unpaired) electrons. The first kappa shape index (κ1) is 39.9. The Kier molecular flexibility index (Phi) is 14.0. The minimum Gasteiger partial charge on any atom is -0.497 e. The van der Waals surface area contributed by atoms with Crippen LogP contribution in [0, 0.1) is 11.3 Å². The summed E-state index contributed by atoms with van der Waals surface area (Å²) in [6.07, 6.45) is 0.691. The molecule has 13 heteroatoms. The molecule has 12 nitrogen and oxygen atoms in total. The van der Waals surface area contributed by atoms with E-state index in [-0.39, 0.29) is 31.7 Å². The quantitative estimate of drug-likeness (QED) is 0.0691. The van der Waals surface area contributed by atoms with Gasteiger partial charge >= 0.3 is 5.69 Å². The van der Waals surface area contributed by atoms with Gasteiger partial charge in [-0.2, -0.15) is 5.26 Å². The van der Waals surface area contributed by atoms with Crippen molar-refractivity contribution in [3.05, 3.63) is 129 Å². The molecule has 3 aromatic carbocycles. The predicted molar refractivity (Wildman–Crippen MR) is 203 cm³/mol. The van der Waals surface area contributed by atoms with Gasteiger partial charge in [-0.1, -0.05) is 54.6 Å². The van der Waals surface area contributed by atoms with Crippen LogP contribution >= 0.6 is 8.53 Å². The number of aromatic nitrogens is 2. The summed E-state index contributed by atoms with van der Waals surface area (Å²) < 4.78 is 41.8. The molecule has 4 atom stereocenters. The molecular weight excluding hydrogens is 695 g/mol. The summed E-state index contributed by atoms with van der Waals surface area (Å²) in [6.45, 7) is 8.59. The van der Waals surface area contributed by atoms with Crippen LogP contribution in [-0.2, 0) is 24.1 Å². The van der Waals surface area contributed by atoms with Crippen molar-refractivity contribution in [3.8, 4) is 17.6 Å². The molecule has 0 amide bonds. The lowest BCUT2D eigenvalue weighted by molar-refractivity contribution is -0.175. The predicted octanol–water partition coefficient (Wildman–Crippen LogP) is 6.90. The van der Waals surface area contributed by atoms with Gasteiger partial charge in [0, 0.05) is 24.3 Å². The van der Waals surface area contributed by atoms with E-state index in [1.54, 1.807) is 14.2 Å². The average Bonchev–Trinajstić information content (AvgIpc) is 3.16. The second-order valence-corrected chi connectivity index (χ2v) is 14.6. The number of nitriles is 1. The molecule has 0 saturated carbocycles. The highest BCUT2D eigenvalue weighted by atomic mass is 31.2.